The van der Waals surface area contributed by atoms with Gasteiger partial charge in [0.05, 0.1) is 11.8 Å². The second-order valence-electron chi connectivity index (χ2n) is 6.28. The lowest BCUT2D eigenvalue weighted by Crippen LogP contribution is -2.24. The fraction of sp³-hybridized carbons (Fsp3) is 0.353. The average Bonchev–Trinajstić information content (AvgIpc) is 3.26. The smallest absolute Gasteiger partial charge is 0.265 e. The minimum atomic E-state index is -0.443. The summed E-state index contributed by atoms with van der Waals surface area (Å²) < 4.78 is 6.81. The Balaban J connectivity index is 1.74. The van der Waals surface area contributed by atoms with E-state index in [1.165, 1.54) is 17.2 Å². The van der Waals surface area contributed by atoms with Gasteiger partial charge in [-0.05, 0) is 19.8 Å². The Morgan fingerprint density at radius 3 is 2.81 bits per heavy atom. The molecular formula is C17H18N6O3. The average molecular weight is 354 g/mol. The molecule has 0 aromatic carbocycles. The number of hydrogen-bond donors (Lipinski definition) is 1. The molecule has 1 fully saturated rings. The number of carbonyl (C=O) groups excluding carboxylic acids is 1. The van der Waals surface area contributed by atoms with Gasteiger partial charge in [0.15, 0.2) is 5.82 Å². The number of anilines is 2. The van der Waals surface area contributed by atoms with Crippen molar-refractivity contribution in [2.75, 3.05) is 23.3 Å². The summed E-state index contributed by atoms with van der Waals surface area (Å²) >= 11 is 0. The first-order valence-corrected chi connectivity index (χ1v) is 8.37. The quantitative estimate of drug-likeness (QED) is 0.759. The van der Waals surface area contributed by atoms with Crippen LogP contribution in [-0.2, 0) is 7.05 Å². The van der Waals surface area contributed by atoms with Crippen molar-refractivity contribution in [3.05, 3.63) is 40.5 Å². The van der Waals surface area contributed by atoms with Crippen LogP contribution in [-0.4, -0.2) is 38.5 Å². The Kier molecular flexibility index (Phi) is 3.90. The molecule has 3 aromatic heterocycles. The van der Waals surface area contributed by atoms with Gasteiger partial charge in [0.2, 0.25) is 5.71 Å². The molecule has 1 N–H and O–H groups in total. The second-order valence-corrected chi connectivity index (χ2v) is 6.28. The predicted molar refractivity (Wildman–Crippen MR) is 95.4 cm³/mol. The van der Waals surface area contributed by atoms with Crippen molar-refractivity contribution < 1.29 is 9.21 Å². The molecule has 0 radical (unpaired) electrons. The maximum atomic E-state index is 12.9. The van der Waals surface area contributed by atoms with Gasteiger partial charge in [0.1, 0.15) is 29.5 Å². The van der Waals surface area contributed by atoms with Crippen LogP contribution in [0.3, 0.4) is 0 Å². The Hall–Kier alpha value is -3.23. The first kappa shape index (κ1) is 16.2. The second kappa shape index (κ2) is 6.25. The molecule has 26 heavy (non-hydrogen) atoms. The van der Waals surface area contributed by atoms with Gasteiger partial charge >= 0.3 is 0 Å². The summed E-state index contributed by atoms with van der Waals surface area (Å²) in [6, 6.07) is 0. The van der Waals surface area contributed by atoms with Crippen LogP contribution in [0.1, 0.15) is 29.0 Å². The van der Waals surface area contributed by atoms with Crippen molar-refractivity contribution in [2.45, 2.75) is 19.8 Å². The van der Waals surface area contributed by atoms with Crippen molar-refractivity contribution in [1.82, 2.24) is 19.5 Å². The number of carbonyl (C=O) groups is 1. The Labute approximate surface area is 148 Å². The lowest BCUT2D eigenvalue weighted by Gasteiger charge is -2.19. The molecule has 1 aliphatic heterocycles. The maximum Gasteiger partial charge on any atom is 0.265 e. The molecule has 4 heterocycles. The highest BCUT2D eigenvalue weighted by Gasteiger charge is 2.24. The van der Waals surface area contributed by atoms with Crippen molar-refractivity contribution in [1.29, 1.82) is 0 Å². The minimum absolute atomic E-state index is 0.153. The highest BCUT2D eigenvalue weighted by Crippen LogP contribution is 2.27. The number of nitrogens with zero attached hydrogens (tertiary/aromatic N) is 5. The van der Waals surface area contributed by atoms with Crippen molar-refractivity contribution in [3.63, 3.8) is 0 Å². The van der Waals surface area contributed by atoms with Crippen LogP contribution in [0.5, 0.6) is 0 Å². The van der Waals surface area contributed by atoms with E-state index in [9.17, 15) is 9.59 Å². The number of nitrogens with one attached hydrogen (secondary N) is 1. The first-order chi connectivity index (χ1) is 12.6. The SMILES string of the molecule is Cc1oc2ncn(C)c(=O)c2c1C(=O)Nc1cncnc1N1CCCC1. The van der Waals surface area contributed by atoms with E-state index >= 15 is 0 Å². The lowest BCUT2D eigenvalue weighted by molar-refractivity contribution is 0.102. The van der Waals surface area contributed by atoms with Crippen LogP contribution < -0.4 is 15.8 Å². The fourth-order valence-corrected chi connectivity index (χ4v) is 3.24. The Morgan fingerprint density at radius 1 is 1.27 bits per heavy atom. The van der Waals surface area contributed by atoms with E-state index in [0.717, 1.165) is 25.9 Å². The molecule has 134 valence electrons. The van der Waals surface area contributed by atoms with Crippen LogP contribution in [0.25, 0.3) is 11.1 Å². The summed E-state index contributed by atoms with van der Waals surface area (Å²) in [6.45, 7) is 3.41. The summed E-state index contributed by atoms with van der Waals surface area (Å²) in [5.74, 6) is 0.580. The zero-order valence-corrected chi connectivity index (χ0v) is 14.5. The molecule has 9 nitrogen and oxygen atoms in total. The van der Waals surface area contributed by atoms with Crippen LogP contribution >= 0.6 is 0 Å². The minimum Gasteiger partial charge on any atom is -0.442 e. The molecule has 1 amide bonds. The molecule has 0 unspecified atom stereocenters. The van der Waals surface area contributed by atoms with Gasteiger partial charge in [-0.15, -0.1) is 0 Å². The topological polar surface area (TPSA) is 106 Å². The molecule has 0 spiro atoms. The predicted octanol–water partition coefficient (Wildman–Crippen LogP) is 1.48. The summed E-state index contributed by atoms with van der Waals surface area (Å²) in [4.78, 5) is 39.9. The lowest BCUT2D eigenvalue weighted by atomic mass is 10.1. The van der Waals surface area contributed by atoms with Crippen LogP contribution in [0, 0.1) is 6.92 Å². The maximum absolute atomic E-state index is 12.9. The molecule has 9 heteroatoms. The van der Waals surface area contributed by atoms with E-state index in [1.54, 1.807) is 20.2 Å². The fourth-order valence-electron chi connectivity index (χ4n) is 3.24. The third-order valence-corrected chi connectivity index (χ3v) is 4.52. The van der Waals surface area contributed by atoms with Crippen LogP contribution in [0.4, 0.5) is 11.5 Å². The van der Waals surface area contributed by atoms with Crippen molar-refractivity contribution in [3.8, 4) is 0 Å². The Morgan fingerprint density at radius 2 is 2.04 bits per heavy atom. The van der Waals surface area contributed by atoms with Gasteiger partial charge in [0, 0.05) is 20.1 Å². The number of fused-ring (bicyclic) bond motifs is 1. The molecular weight excluding hydrogens is 336 g/mol. The number of aryl methyl sites for hydroxylation is 2. The Bertz CT molecular complexity index is 1050. The summed E-state index contributed by atoms with van der Waals surface area (Å²) in [6.07, 6.45) is 6.56. The number of amides is 1. The van der Waals surface area contributed by atoms with Gasteiger partial charge in [-0.2, -0.15) is 0 Å². The van der Waals surface area contributed by atoms with E-state index in [4.69, 9.17) is 4.42 Å². The van der Waals surface area contributed by atoms with Crippen molar-refractivity contribution >= 4 is 28.5 Å². The van der Waals surface area contributed by atoms with Gasteiger partial charge in [-0.1, -0.05) is 0 Å². The van der Waals surface area contributed by atoms with Gasteiger partial charge < -0.3 is 19.2 Å². The monoisotopic (exact) mass is 354 g/mol. The van der Waals surface area contributed by atoms with Gasteiger partial charge in [-0.25, -0.2) is 15.0 Å². The first-order valence-electron chi connectivity index (χ1n) is 8.37. The summed E-state index contributed by atoms with van der Waals surface area (Å²) in [5, 5.41) is 3.00. The largest absolute Gasteiger partial charge is 0.442 e. The number of hydrogen-bond acceptors (Lipinski definition) is 7. The van der Waals surface area contributed by atoms with Crippen LogP contribution in [0.2, 0.25) is 0 Å². The number of aromatic nitrogens is 4. The number of furan rings is 1. The molecule has 0 aliphatic carbocycles. The van der Waals surface area contributed by atoms with E-state index in [2.05, 4.69) is 25.2 Å². The molecule has 1 aliphatic rings. The van der Waals surface area contributed by atoms with E-state index in [1.807, 2.05) is 0 Å². The van der Waals surface area contributed by atoms with Crippen molar-refractivity contribution in [2.24, 2.45) is 7.05 Å². The zero-order valence-electron chi connectivity index (χ0n) is 14.5. The van der Waals surface area contributed by atoms with Gasteiger partial charge in [-0.3, -0.25) is 9.59 Å². The molecule has 3 aromatic rings. The summed E-state index contributed by atoms with van der Waals surface area (Å²) in [7, 11) is 1.58. The third kappa shape index (κ3) is 2.61. The van der Waals surface area contributed by atoms with E-state index < -0.39 is 5.91 Å². The number of rotatable bonds is 3. The molecule has 4 rings (SSSR count). The summed E-state index contributed by atoms with van der Waals surface area (Å²) in [5.41, 5.74) is 0.514. The highest BCUT2D eigenvalue weighted by atomic mass is 16.3. The molecule has 0 saturated carbocycles. The zero-order chi connectivity index (χ0) is 18.3. The van der Waals surface area contributed by atoms with Gasteiger partial charge in [0.25, 0.3) is 11.5 Å². The third-order valence-electron chi connectivity index (χ3n) is 4.52. The normalized spacial score (nSPS) is 14.2. The molecule has 0 bridgehead atoms. The van der Waals surface area contributed by atoms with Crippen LogP contribution in [0.15, 0.2) is 28.1 Å². The molecule has 0 atom stereocenters. The molecule has 1 saturated heterocycles. The standard InChI is InChI=1S/C17H18N6O3/c1-10-12(13-16(26-10)20-9-22(2)17(13)25)15(24)21-11-7-18-8-19-14(11)23-5-3-4-6-23/h7-9H,3-6H2,1-2H3,(H,21,24). The van der Waals surface area contributed by atoms with E-state index in [0.29, 0.717) is 17.3 Å². The highest BCUT2D eigenvalue weighted by molar-refractivity contribution is 6.13. The van der Waals surface area contributed by atoms with E-state index in [-0.39, 0.29) is 22.2 Å².